The summed E-state index contributed by atoms with van der Waals surface area (Å²) >= 11 is 0. The van der Waals surface area contributed by atoms with Gasteiger partial charge in [-0.1, -0.05) is 24.3 Å². The fourth-order valence-corrected chi connectivity index (χ4v) is 5.72. The van der Waals surface area contributed by atoms with Crippen LogP contribution in [0.1, 0.15) is 65.1 Å². The molecule has 0 saturated carbocycles. The molecule has 57 heavy (non-hydrogen) atoms. The maximum absolute atomic E-state index is 12.7. The summed E-state index contributed by atoms with van der Waals surface area (Å²) in [4.78, 5) is 72.7. The van der Waals surface area contributed by atoms with Crippen LogP contribution in [0.15, 0.2) is 83.8 Å². The molecule has 2 aromatic heterocycles. The molecule has 0 fully saturated rings. The molecule has 0 saturated heterocycles. The highest BCUT2D eigenvalue weighted by atomic mass is 31.2. The summed E-state index contributed by atoms with van der Waals surface area (Å²) in [6.45, 7) is 5.58. The first kappa shape index (κ1) is 43.4. The quantitative estimate of drug-likeness (QED) is 0.0366. The van der Waals surface area contributed by atoms with Gasteiger partial charge in [0.1, 0.15) is 5.75 Å². The predicted molar refractivity (Wildman–Crippen MR) is 212 cm³/mol. The number of aromatic amines is 1. The molecule has 3 aromatic carbocycles. The number of carbonyl (C=O) groups is 4. The molecule has 0 aliphatic carbocycles. The van der Waals surface area contributed by atoms with Crippen molar-refractivity contribution in [3.8, 4) is 5.75 Å². The molecule has 5 aromatic rings. The lowest BCUT2D eigenvalue weighted by Crippen LogP contribution is -2.17. The second kappa shape index (κ2) is 22.3. The molecule has 0 aliphatic heterocycles. The van der Waals surface area contributed by atoms with Crippen LogP contribution in [0.2, 0.25) is 0 Å². The van der Waals surface area contributed by atoms with E-state index in [1.165, 1.54) is 6.20 Å². The number of amides is 2. The fourth-order valence-electron chi connectivity index (χ4n) is 4.83. The molecule has 2 amide bonds. The largest absolute Gasteiger partial charge is 0.481 e. The van der Waals surface area contributed by atoms with Crippen molar-refractivity contribution in [1.29, 1.82) is 0 Å². The van der Waals surface area contributed by atoms with Gasteiger partial charge in [0.15, 0.2) is 11.2 Å². The van der Waals surface area contributed by atoms with E-state index in [-0.39, 0.29) is 47.8 Å². The number of aromatic nitrogens is 4. The van der Waals surface area contributed by atoms with Crippen molar-refractivity contribution in [2.75, 3.05) is 36.2 Å². The number of carboxylic acids is 1. The number of nitrogens with one attached hydrogen (secondary N) is 3. The van der Waals surface area contributed by atoms with Gasteiger partial charge in [-0.15, -0.1) is 0 Å². The third-order valence-electron chi connectivity index (χ3n) is 7.54. The van der Waals surface area contributed by atoms with Crippen LogP contribution >= 0.6 is 8.60 Å². The first-order valence-electron chi connectivity index (χ1n) is 17.7. The maximum Gasteiger partial charge on any atom is 0.345 e. The number of hydrogen-bond acceptors (Lipinski definition) is 14. The van der Waals surface area contributed by atoms with Gasteiger partial charge < -0.3 is 45.5 Å². The van der Waals surface area contributed by atoms with Gasteiger partial charge >= 0.3 is 20.5 Å². The number of anilines is 3. The highest BCUT2D eigenvalue weighted by Gasteiger charge is 2.16. The van der Waals surface area contributed by atoms with Gasteiger partial charge in [-0.05, 0) is 80.8 Å². The van der Waals surface area contributed by atoms with E-state index >= 15 is 0 Å². The summed E-state index contributed by atoms with van der Waals surface area (Å²) in [6, 6.07) is 20.2. The normalized spacial score (nSPS) is 10.7. The van der Waals surface area contributed by atoms with Crippen molar-refractivity contribution in [3.05, 3.63) is 112 Å². The second-order valence-corrected chi connectivity index (χ2v) is 13.0. The number of nitrogens with two attached hydrogens (primary N) is 2. The number of ether oxygens (including phenoxy) is 1. The molecule has 2 heterocycles. The minimum Gasteiger partial charge on any atom is -0.481 e. The van der Waals surface area contributed by atoms with Crippen LogP contribution in [0.4, 0.5) is 17.3 Å². The number of rotatable bonds is 19. The molecule has 0 unspecified atom stereocenters. The molecule has 300 valence electrons. The van der Waals surface area contributed by atoms with Crippen molar-refractivity contribution >= 4 is 60.8 Å². The zero-order chi connectivity index (χ0) is 41.2. The summed E-state index contributed by atoms with van der Waals surface area (Å²) in [6.07, 6.45) is 2.31. The zero-order valence-electron chi connectivity index (χ0n) is 31.2. The molecule has 0 aliphatic rings. The van der Waals surface area contributed by atoms with E-state index in [1.807, 2.05) is 26.0 Å². The molecular formula is C38H43N8O10P. The lowest BCUT2D eigenvalue weighted by Gasteiger charge is -2.14. The highest BCUT2D eigenvalue weighted by molar-refractivity contribution is 7.41. The standard InChI is InChI=1S/C24H30NO8P.C14H13N7O2/c1-3-30-34(31-4-2)32-17-16-18-12-14-19(15-13-18)33-24(29)20-8-5-6-9-21(20)25-22(26)10-7-11-23(27)28;15-11(22)7-1-3-8(4-2-7)17-5-9-6-18-12-10(19-9)13(23)21-14(16)20-12/h5-6,8-9,12-15H,3-4,7,10-11,16-17H2,1-2H3,(H,25,26)(H,27,28);1-4,6,17H,5H2,(H2,15,22)(H3,16,18,20,21,23). The zero-order valence-corrected chi connectivity index (χ0v) is 32.1. The molecule has 5 rings (SSSR count). The van der Waals surface area contributed by atoms with E-state index in [1.54, 1.807) is 60.7 Å². The number of aliphatic carboxylic acids is 1. The average molecular weight is 803 g/mol. The van der Waals surface area contributed by atoms with Crippen molar-refractivity contribution < 1.29 is 42.6 Å². The first-order valence-corrected chi connectivity index (χ1v) is 18.8. The Hall–Kier alpha value is -6.33. The Balaban J connectivity index is 0.000000271. The van der Waals surface area contributed by atoms with Gasteiger partial charge in [0, 0.05) is 24.1 Å². The predicted octanol–water partition coefficient (Wildman–Crippen LogP) is 4.96. The van der Waals surface area contributed by atoms with Gasteiger partial charge in [-0.2, -0.15) is 4.98 Å². The summed E-state index contributed by atoms with van der Waals surface area (Å²) in [7, 11) is -1.34. The van der Waals surface area contributed by atoms with Gasteiger partial charge in [0.05, 0.1) is 49.5 Å². The minimum atomic E-state index is -1.34. The number of primary amides is 1. The second-order valence-electron chi connectivity index (χ2n) is 11.8. The van der Waals surface area contributed by atoms with Gasteiger partial charge in [-0.3, -0.25) is 24.2 Å². The monoisotopic (exact) mass is 802 g/mol. The van der Waals surface area contributed by atoms with Crippen LogP contribution in [0.3, 0.4) is 0 Å². The third kappa shape index (κ3) is 14.4. The molecule has 0 spiro atoms. The number of carbonyl (C=O) groups excluding carboxylic acids is 3. The van der Waals surface area contributed by atoms with Crippen molar-refractivity contribution in [3.63, 3.8) is 0 Å². The number of esters is 1. The summed E-state index contributed by atoms with van der Waals surface area (Å²) in [5.74, 6) is -2.07. The average Bonchev–Trinajstić information content (AvgIpc) is 3.18. The Morgan fingerprint density at radius 1 is 0.895 bits per heavy atom. The maximum atomic E-state index is 12.7. The van der Waals surface area contributed by atoms with E-state index in [4.69, 9.17) is 34.9 Å². The number of H-pyrrole nitrogens is 1. The molecule has 18 nitrogen and oxygen atoms in total. The lowest BCUT2D eigenvalue weighted by molar-refractivity contribution is -0.137. The van der Waals surface area contributed by atoms with E-state index in [9.17, 15) is 24.0 Å². The van der Waals surface area contributed by atoms with Crippen molar-refractivity contribution in [2.45, 2.75) is 46.1 Å². The first-order chi connectivity index (χ1) is 27.4. The van der Waals surface area contributed by atoms with Gasteiger partial charge in [-0.25, -0.2) is 14.8 Å². The highest BCUT2D eigenvalue weighted by Crippen LogP contribution is 2.39. The van der Waals surface area contributed by atoms with Crippen LogP contribution < -0.4 is 32.4 Å². The third-order valence-corrected chi connectivity index (χ3v) is 8.87. The molecular weight excluding hydrogens is 759 g/mol. The smallest absolute Gasteiger partial charge is 0.345 e. The Labute approximate surface area is 328 Å². The molecule has 0 radical (unpaired) electrons. The number of fused-ring (bicyclic) bond motifs is 1. The molecule has 19 heteroatoms. The van der Waals surface area contributed by atoms with E-state index in [2.05, 4.69) is 30.6 Å². The lowest BCUT2D eigenvalue weighted by atomic mass is 10.1. The Bertz CT molecular complexity index is 2180. The van der Waals surface area contributed by atoms with E-state index < -0.39 is 32.0 Å². The van der Waals surface area contributed by atoms with Crippen LogP contribution in [-0.2, 0) is 36.1 Å². The van der Waals surface area contributed by atoms with Gasteiger partial charge in [0.25, 0.3) is 5.56 Å². The topological polar surface area (TPSA) is 273 Å². The van der Waals surface area contributed by atoms with Gasteiger partial charge in [0.2, 0.25) is 17.8 Å². The van der Waals surface area contributed by atoms with E-state index in [0.29, 0.717) is 55.5 Å². The van der Waals surface area contributed by atoms with Crippen molar-refractivity contribution in [1.82, 2.24) is 19.9 Å². The van der Waals surface area contributed by atoms with Crippen molar-refractivity contribution in [2.24, 2.45) is 5.73 Å². The Kier molecular flexibility index (Phi) is 17.0. The number of nitrogens with zero attached hydrogens (tertiary/aromatic N) is 3. The summed E-state index contributed by atoms with van der Waals surface area (Å²) in [5.41, 5.74) is 13.8. The van der Waals surface area contributed by atoms with E-state index in [0.717, 1.165) is 11.3 Å². The fraction of sp³-hybridized carbons (Fsp3) is 0.263. The Morgan fingerprint density at radius 2 is 1.60 bits per heavy atom. The number of carboxylic acid groups (broad SMARTS) is 1. The number of benzene rings is 3. The minimum absolute atomic E-state index is 0.00258. The van der Waals surface area contributed by atoms with Crippen LogP contribution in [0, 0.1) is 0 Å². The molecule has 0 bridgehead atoms. The van der Waals surface area contributed by atoms with Crippen LogP contribution in [0.25, 0.3) is 11.2 Å². The number of nitrogen functional groups attached to an aromatic ring is 1. The number of para-hydroxylation sites is 1. The number of hydrogen-bond donors (Lipinski definition) is 6. The SMILES string of the molecule is CCOP(OCC)OCCc1ccc(OC(=O)c2ccccc2NC(=O)CCCC(=O)O)cc1.NC(=O)c1ccc(NCc2cnc3nc(N)[nH]c(=O)c3n2)cc1. The Morgan fingerprint density at radius 3 is 2.26 bits per heavy atom. The van der Waals surface area contributed by atoms with Crippen LogP contribution in [-0.4, -0.2) is 68.6 Å². The van der Waals surface area contributed by atoms with Crippen LogP contribution in [0.5, 0.6) is 5.75 Å². The molecule has 0 atom stereocenters. The summed E-state index contributed by atoms with van der Waals surface area (Å²) < 4.78 is 21.9. The molecule has 8 N–H and O–H groups in total. The summed E-state index contributed by atoms with van der Waals surface area (Å²) in [5, 5.41) is 14.4.